The first-order valence-electron chi connectivity index (χ1n) is 10.2. The SMILES string of the molecule is COc1ccc(C=CC2Sc3ccccc3N2C)cc1OC.Cc1ccc(S(=O)(=O)O)cc1. The molecule has 3 aromatic rings. The molecule has 1 aliphatic heterocycles. The van der Waals surface area contributed by atoms with E-state index in [0.717, 1.165) is 22.6 Å². The number of para-hydroxylation sites is 1. The van der Waals surface area contributed by atoms with Gasteiger partial charge in [0.15, 0.2) is 11.5 Å². The molecule has 1 heterocycles. The predicted molar refractivity (Wildman–Crippen MR) is 134 cm³/mol. The molecule has 0 saturated heterocycles. The Morgan fingerprint density at radius 2 is 1.64 bits per heavy atom. The van der Waals surface area contributed by atoms with E-state index in [9.17, 15) is 8.42 Å². The highest BCUT2D eigenvalue weighted by molar-refractivity contribution is 8.00. The topological polar surface area (TPSA) is 76.1 Å². The second-order valence-electron chi connectivity index (χ2n) is 7.35. The molecule has 0 bridgehead atoms. The van der Waals surface area contributed by atoms with Crippen LogP contribution in [0.25, 0.3) is 6.08 Å². The summed E-state index contributed by atoms with van der Waals surface area (Å²) in [6.07, 6.45) is 4.34. The van der Waals surface area contributed by atoms with Gasteiger partial charge >= 0.3 is 0 Å². The van der Waals surface area contributed by atoms with Gasteiger partial charge in [-0.2, -0.15) is 8.42 Å². The van der Waals surface area contributed by atoms with Crippen LogP contribution in [-0.2, 0) is 10.1 Å². The van der Waals surface area contributed by atoms with E-state index in [4.69, 9.17) is 14.0 Å². The first kappa shape index (κ1) is 24.7. The second-order valence-corrected chi connectivity index (χ2v) is 9.93. The van der Waals surface area contributed by atoms with Crippen LogP contribution < -0.4 is 14.4 Å². The minimum absolute atomic E-state index is 0.0666. The van der Waals surface area contributed by atoms with Gasteiger partial charge in [-0.3, -0.25) is 4.55 Å². The van der Waals surface area contributed by atoms with E-state index in [1.54, 1.807) is 26.4 Å². The van der Waals surface area contributed by atoms with E-state index in [2.05, 4.69) is 48.4 Å². The summed E-state index contributed by atoms with van der Waals surface area (Å²) >= 11 is 1.86. The lowest BCUT2D eigenvalue weighted by atomic mass is 10.2. The lowest BCUT2D eigenvalue weighted by molar-refractivity contribution is 0.355. The molecule has 1 unspecified atom stereocenters. The Hall–Kier alpha value is -2.94. The third-order valence-electron chi connectivity index (χ3n) is 5.05. The molecule has 0 amide bonds. The molecule has 1 atom stereocenters. The van der Waals surface area contributed by atoms with Crippen molar-refractivity contribution in [2.24, 2.45) is 0 Å². The normalized spacial score (nSPS) is 15.1. The average molecular weight is 486 g/mol. The molecular formula is C25H27NO5S2. The van der Waals surface area contributed by atoms with Crippen LogP contribution in [0.2, 0.25) is 0 Å². The van der Waals surface area contributed by atoms with Crippen LogP contribution in [0.5, 0.6) is 11.5 Å². The number of nitrogens with zero attached hydrogens (tertiary/aromatic N) is 1. The van der Waals surface area contributed by atoms with Crippen molar-refractivity contribution in [3.05, 3.63) is 83.9 Å². The molecule has 6 nitrogen and oxygen atoms in total. The molecule has 174 valence electrons. The Morgan fingerprint density at radius 1 is 0.970 bits per heavy atom. The summed E-state index contributed by atoms with van der Waals surface area (Å²) < 4.78 is 40.2. The summed E-state index contributed by atoms with van der Waals surface area (Å²) in [5.41, 5.74) is 3.34. The Labute approximate surface area is 199 Å². The van der Waals surface area contributed by atoms with Gasteiger partial charge in [0, 0.05) is 11.9 Å². The highest BCUT2D eigenvalue weighted by atomic mass is 32.2. The largest absolute Gasteiger partial charge is 0.493 e. The van der Waals surface area contributed by atoms with Crippen LogP contribution in [0.4, 0.5) is 5.69 Å². The van der Waals surface area contributed by atoms with E-state index >= 15 is 0 Å². The van der Waals surface area contributed by atoms with Crippen molar-refractivity contribution in [1.82, 2.24) is 0 Å². The van der Waals surface area contributed by atoms with Crippen LogP contribution in [0.1, 0.15) is 11.1 Å². The van der Waals surface area contributed by atoms with Crippen molar-refractivity contribution in [3.8, 4) is 11.5 Å². The van der Waals surface area contributed by atoms with E-state index in [1.165, 1.54) is 22.7 Å². The minimum Gasteiger partial charge on any atom is -0.493 e. The lowest BCUT2D eigenvalue weighted by Crippen LogP contribution is -2.21. The fraction of sp³-hybridized carbons (Fsp3) is 0.200. The molecule has 33 heavy (non-hydrogen) atoms. The summed E-state index contributed by atoms with van der Waals surface area (Å²) in [4.78, 5) is 3.55. The molecule has 3 aromatic carbocycles. The van der Waals surface area contributed by atoms with Crippen molar-refractivity contribution in [3.63, 3.8) is 0 Å². The number of likely N-dealkylation sites (N-methyl/N-ethyl adjacent to an activating group) is 1. The molecule has 1 N–H and O–H groups in total. The monoisotopic (exact) mass is 485 g/mol. The highest BCUT2D eigenvalue weighted by Gasteiger charge is 2.24. The molecule has 0 spiro atoms. The number of rotatable bonds is 5. The van der Waals surface area contributed by atoms with Crippen LogP contribution in [0.15, 0.2) is 82.6 Å². The molecule has 1 aliphatic rings. The number of thioether (sulfide) groups is 1. The van der Waals surface area contributed by atoms with Crippen LogP contribution in [-0.4, -0.2) is 39.6 Å². The van der Waals surface area contributed by atoms with E-state index in [0.29, 0.717) is 5.37 Å². The zero-order valence-electron chi connectivity index (χ0n) is 18.9. The molecule has 8 heteroatoms. The van der Waals surface area contributed by atoms with Crippen LogP contribution >= 0.6 is 11.8 Å². The van der Waals surface area contributed by atoms with Gasteiger partial charge in [0.1, 0.15) is 0 Å². The van der Waals surface area contributed by atoms with Gasteiger partial charge in [-0.15, -0.1) is 0 Å². The maximum Gasteiger partial charge on any atom is 0.294 e. The quantitative estimate of drug-likeness (QED) is 0.476. The van der Waals surface area contributed by atoms with E-state index in [-0.39, 0.29) is 4.90 Å². The molecular weight excluding hydrogens is 458 g/mol. The van der Waals surface area contributed by atoms with E-state index in [1.807, 2.05) is 36.9 Å². The zero-order valence-corrected chi connectivity index (χ0v) is 20.6. The molecule has 4 rings (SSSR count). The molecule has 0 fully saturated rings. The van der Waals surface area contributed by atoms with E-state index < -0.39 is 10.1 Å². The summed E-state index contributed by atoms with van der Waals surface area (Å²) in [5, 5.41) is 0.311. The maximum absolute atomic E-state index is 10.5. The first-order valence-corrected chi connectivity index (χ1v) is 12.5. The van der Waals surface area contributed by atoms with Crippen molar-refractivity contribution >= 4 is 33.6 Å². The number of aryl methyl sites for hydroxylation is 1. The molecule has 0 radical (unpaired) electrons. The van der Waals surface area contributed by atoms with Gasteiger partial charge in [-0.25, -0.2) is 0 Å². The molecule has 0 saturated carbocycles. The fourth-order valence-electron chi connectivity index (χ4n) is 3.22. The van der Waals surface area contributed by atoms with Crippen molar-refractivity contribution in [2.45, 2.75) is 22.1 Å². The summed E-state index contributed by atoms with van der Waals surface area (Å²) in [7, 11) is 1.41. The Kier molecular flexibility index (Phi) is 8.07. The zero-order chi connectivity index (χ0) is 24.0. The Morgan fingerprint density at radius 3 is 2.24 bits per heavy atom. The number of benzene rings is 3. The van der Waals surface area contributed by atoms with Gasteiger partial charge in [0.25, 0.3) is 10.1 Å². The van der Waals surface area contributed by atoms with Gasteiger partial charge < -0.3 is 14.4 Å². The summed E-state index contributed by atoms with van der Waals surface area (Å²) in [6.45, 7) is 1.84. The van der Waals surface area contributed by atoms with Crippen molar-refractivity contribution in [2.75, 3.05) is 26.2 Å². The summed E-state index contributed by atoms with van der Waals surface area (Å²) in [5.74, 6) is 1.50. The minimum atomic E-state index is -4.02. The van der Waals surface area contributed by atoms with Gasteiger partial charge in [-0.05, 0) is 48.9 Å². The summed E-state index contributed by atoms with van der Waals surface area (Å²) in [6, 6.07) is 20.4. The lowest BCUT2D eigenvalue weighted by Gasteiger charge is -2.18. The van der Waals surface area contributed by atoms with Crippen LogP contribution in [0, 0.1) is 6.92 Å². The maximum atomic E-state index is 10.5. The first-order chi connectivity index (χ1) is 15.7. The second kappa shape index (κ2) is 10.8. The fourth-order valence-corrected chi connectivity index (χ4v) is 4.88. The number of ether oxygens (including phenoxy) is 2. The number of hydrogen-bond acceptors (Lipinski definition) is 6. The highest BCUT2D eigenvalue weighted by Crippen LogP contribution is 2.42. The van der Waals surface area contributed by atoms with Gasteiger partial charge in [0.05, 0.1) is 30.2 Å². The number of methoxy groups -OCH3 is 2. The Bertz CT molecular complexity index is 1220. The third kappa shape index (κ3) is 6.31. The van der Waals surface area contributed by atoms with Gasteiger partial charge in [0.2, 0.25) is 0 Å². The van der Waals surface area contributed by atoms with Crippen molar-refractivity contribution < 1.29 is 22.4 Å². The van der Waals surface area contributed by atoms with Crippen molar-refractivity contribution in [1.29, 1.82) is 0 Å². The Balaban J connectivity index is 0.000000235. The van der Waals surface area contributed by atoms with Crippen LogP contribution in [0.3, 0.4) is 0 Å². The number of anilines is 1. The predicted octanol–water partition coefficient (Wildman–Crippen LogP) is 5.53. The smallest absolute Gasteiger partial charge is 0.294 e. The third-order valence-corrected chi connectivity index (χ3v) is 7.24. The number of fused-ring (bicyclic) bond motifs is 1. The molecule has 0 aromatic heterocycles. The average Bonchev–Trinajstić information content (AvgIpc) is 3.13. The molecule has 0 aliphatic carbocycles. The number of hydrogen-bond donors (Lipinski definition) is 1. The standard InChI is InChI=1S/C18H19NO2S.C7H8O3S/c1-19-14-6-4-5-7-17(14)22-18(19)11-9-13-8-10-15(20-2)16(12-13)21-3;1-6-2-4-7(5-3-6)11(8,9)10/h4-12,18H,1-3H3;2-5H,1H3,(H,8,9,10). The van der Waals surface area contributed by atoms with Gasteiger partial charge in [-0.1, -0.05) is 59.8 Å².